The van der Waals surface area contributed by atoms with Crippen molar-refractivity contribution >= 4 is 27.3 Å². The zero-order chi connectivity index (χ0) is 21.0. The van der Waals surface area contributed by atoms with Crippen molar-refractivity contribution in [3.63, 3.8) is 0 Å². The maximum absolute atomic E-state index is 12.6. The molecule has 0 bridgehead atoms. The van der Waals surface area contributed by atoms with Gasteiger partial charge in [-0.15, -0.1) is 0 Å². The summed E-state index contributed by atoms with van der Waals surface area (Å²) >= 11 is 0. The quantitative estimate of drug-likeness (QED) is 0.652. The molecule has 0 radical (unpaired) electrons. The highest BCUT2D eigenvalue weighted by Crippen LogP contribution is 2.26. The van der Waals surface area contributed by atoms with Crippen LogP contribution in [0, 0.1) is 13.8 Å². The summed E-state index contributed by atoms with van der Waals surface area (Å²) < 4.78 is 26.4. The summed E-state index contributed by atoms with van der Waals surface area (Å²) in [5.74, 6) is -0.241. The molecule has 3 rings (SSSR count). The van der Waals surface area contributed by atoms with Crippen molar-refractivity contribution in [1.82, 2.24) is 0 Å². The highest BCUT2D eigenvalue weighted by atomic mass is 32.2. The second kappa shape index (κ2) is 8.49. The van der Waals surface area contributed by atoms with E-state index in [1.165, 1.54) is 10.6 Å². The summed E-state index contributed by atoms with van der Waals surface area (Å²) in [5.41, 5.74) is 4.54. The molecule has 0 aliphatic heterocycles. The van der Waals surface area contributed by atoms with Gasteiger partial charge in [0.25, 0.3) is 5.91 Å². The number of nitrogens with zero attached hydrogens (tertiary/aromatic N) is 1. The maximum Gasteiger partial charge on any atom is 0.255 e. The van der Waals surface area contributed by atoms with E-state index in [0.29, 0.717) is 22.5 Å². The molecule has 0 saturated heterocycles. The number of benzene rings is 3. The third-order valence-corrected chi connectivity index (χ3v) is 5.93. The first-order valence-corrected chi connectivity index (χ1v) is 11.1. The van der Waals surface area contributed by atoms with Gasteiger partial charge in [0.05, 0.1) is 18.5 Å². The van der Waals surface area contributed by atoms with Crippen molar-refractivity contribution in [1.29, 1.82) is 0 Å². The molecule has 0 fully saturated rings. The molecule has 0 spiro atoms. The third-order valence-electron chi connectivity index (χ3n) is 4.79. The van der Waals surface area contributed by atoms with E-state index < -0.39 is 10.0 Å². The van der Waals surface area contributed by atoms with Crippen molar-refractivity contribution in [3.05, 3.63) is 95.1 Å². The molecule has 6 heteroatoms. The van der Waals surface area contributed by atoms with Gasteiger partial charge < -0.3 is 5.32 Å². The van der Waals surface area contributed by atoms with Crippen LogP contribution in [0.15, 0.2) is 72.8 Å². The number of carbonyl (C=O) groups excluding carboxylic acids is 1. The summed E-state index contributed by atoms with van der Waals surface area (Å²) in [5, 5.41) is 2.90. The minimum absolute atomic E-state index is 0.118. The molecule has 0 unspecified atom stereocenters. The molecule has 0 atom stereocenters. The van der Waals surface area contributed by atoms with Crippen LogP contribution in [0.4, 0.5) is 11.4 Å². The topological polar surface area (TPSA) is 66.5 Å². The third kappa shape index (κ3) is 5.03. The van der Waals surface area contributed by atoms with E-state index in [-0.39, 0.29) is 12.5 Å². The van der Waals surface area contributed by atoms with E-state index in [0.717, 1.165) is 11.1 Å². The zero-order valence-electron chi connectivity index (χ0n) is 16.7. The minimum Gasteiger partial charge on any atom is -0.322 e. The maximum atomic E-state index is 12.6. The smallest absolute Gasteiger partial charge is 0.255 e. The van der Waals surface area contributed by atoms with E-state index in [1.54, 1.807) is 36.4 Å². The molecule has 1 amide bonds. The van der Waals surface area contributed by atoms with Crippen LogP contribution in [0.3, 0.4) is 0 Å². The van der Waals surface area contributed by atoms with E-state index in [4.69, 9.17) is 0 Å². The van der Waals surface area contributed by atoms with E-state index in [1.807, 2.05) is 50.2 Å². The Kier molecular flexibility index (Phi) is 6.03. The summed E-state index contributed by atoms with van der Waals surface area (Å²) in [7, 11) is -3.52. The van der Waals surface area contributed by atoms with Crippen LogP contribution >= 0.6 is 0 Å². The number of hydrogen-bond acceptors (Lipinski definition) is 3. The monoisotopic (exact) mass is 408 g/mol. The summed E-state index contributed by atoms with van der Waals surface area (Å²) in [4.78, 5) is 12.6. The number of aryl methyl sites for hydroxylation is 2. The lowest BCUT2D eigenvalue weighted by Gasteiger charge is -2.24. The van der Waals surface area contributed by atoms with Gasteiger partial charge >= 0.3 is 0 Å². The van der Waals surface area contributed by atoms with Crippen molar-refractivity contribution in [2.75, 3.05) is 15.9 Å². The Hall–Kier alpha value is -3.12. The van der Waals surface area contributed by atoms with Gasteiger partial charge in [-0.25, -0.2) is 8.42 Å². The molecule has 0 heterocycles. The highest BCUT2D eigenvalue weighted by molar-refractivity contribution is 7.92. The highest BCUT2D eigenvalue weighted by Gasteiger charge is 2.20. The first-order valence-electron chi connectivity index (χ1n) is 9.25. The number of para-hydroxylation sites is 1. The summed E-state index contributed by atoms with van der Waals surface area (Å²) in [6.45, 7) is 4.05. The number of hydrogen-bond donors (Lipinski definition) is 1. The normalized spacial score (nSPS) is 11.1. The lowest BCUT2D eigenvalue weighted by atomic mass is 10.1. The molecular weight excluding hydrogens is 384 g/mol. The van der Waals surface area contributed by atoms with Gasteiger partial charge in [-0.2, -0.15) is 0 Å². The standard InChI is InChI=1S/C23H24N2O3S/c1-17-13-14-21(15-18(17)2)25(29(3,27)28)16-20-11-7-8-12-22(20)24-23(26)19-9-5-4-6-10-19/h4-15H,16H2,1-3H3,(H,24,26). The number of nitrogens with one attached hydrogen (secondary N) is 1. The second-order valence-electron chi connectivity index (χ2n) is 7.02. The molecule has 3 aromatic rings. The molecule has 0 aliphatic carbocycles. The summed E-state index contributed by atoms with van der Waals surface area (Å²) in [6.07, 6.45) is 1.19. The lowest BCUT2D eigenvalue weighted by Crippen LogP contribution is -2.30. The second-order valence-corrected chi connectivity index (χ2v) is 8.92. The molecule has 0 aliphatic rings. The van der Waals surface area contributed by atoms with Crippen LogP contribution in [-0.4, -0.2) is 20.6 Å². The van der Waals surface area contributed by atoms with E-state index in [2.05, 4.69) is 5.32 Å². The molecular formula is C23H24N2O3S. The molecule has 29 heavy (non-hydrogen) atoms. The SMILES string of the molecule is Cc1ccc(N(Cc2ccccc2NC(=O)c2ccccc2)S(C)(=O)=O)cc1C. The predicted octanol–water partition coefficient (Wildman–Crippen LogP) is 4.52. The number of sulfonamides is 1. The Morgan fingerprint density at radius 2 is 1.55 bits per heavy atom. The van der Waals surface area contributed by atoms with Crippen molar-refractivity contribution in [2.45, 2.75) is 20.4 Å². The van der Waals surface area contributed by atoms with Gasteiger partial charge in [-0.05, 0) is 60.9 Å². The molecule has 3 aromatic carbocycles. The fourth-order valence-electron chi connectivity index (χ4n) is 3.00. The van der Waals surface area contributed by atoms with Crippen LogP contribution in [-0.2, 0) is 16.6 Å². The fraction of sp³-hybridized carbons (Fsp3) is 0.174. The van der Waals surface area contributed by atoms with Crippen molar-refractivity contribution < 1.29 is 13.2 Å². The van der Waals surface area contributed by atoms with Gasteiger partial charge in [0.2, 0.25) is 10.0 Å². The Morgan fingerprint density at radius 3 is 2.21 bits per heavy atom. The average Bonchev–Trinajstić information content (AvgIpc) is 2.69. The first kappa shape index (κ1) is 20.6. The van der Waals surface area contributed by atoms with Gasteiger partial charge in [0.1, 0.15) is 0 Å². The molecule has 0 saturated carbocycles. The number of carbonyl (C=O) groups is 1. The van der Waals surface area contributed by atoms with Gasteiger partial charge in [0, 0.05) is 11.3 Å². The Morgan fingerprint density at radius 1 is 0.897 bits per heavy atom. The first-order chi connectivity index (χ1) is 13.8. The molecule has 150 valence electrons. The zero-order valence-corrected chi connectivity index (χ0v) is 17.5. The van der Waals surface area contributed by atoms with Crippen molar-refractivity contribution in [3.8, 4) is 0 Å². The predicted molar refractivity (Wildman–Crippen MR) is 118 cm³/mol. The minimum atomic E-state index is -3.52. The molecule has 1 N–H and O–H groups in total. The lowest BCUT2D eigenvalue weighted by molar-refractivity contribution is 0.102. The van der Waals surface area contributed by atoms with Crippen LogP contribution < -0.4 is 9.62 Å². The average molecular weight is 409 g/mol. The van der Waals surface area contributed by atoms with E-state index in [9.17, 15) is 13.2 Å². The van der Waals surface area contributed by atoms with Crippen LogP contribution in [0.1, 0.15) is 27.0 Å². The van der Waals surface area contributed by atoms with Crippen molar-refractivity contribution in [2.24, 2.45) is 0 Å². The van der Waals surface area contributed by atoms with Gasteiger partial charge in [-0.3, -0.25) is 9.10 Å². The number of anilines is 2. The summed E-state index contributed by atoms with van der Waals surface area (Å²) in [6, 6.07) is 21.7. The Bertz CT molecular complexity index is 1130. The Labute approximate surface area is 172 Å². The van der Waals surface area contributed by atoms with E-state index >= 15 is 0 Å². The number of rotatable bonds is 6. The largest absolute Gasteiger partial charge is 0.322 e. The molecule has 5 nitrogen and oxygen atoms in total. The van der Waals surface area contributed by atoms with Crippen LogP contribution in [0.25, 0.3) is 0 Å². The van der Waals surface area contributed by atoms with Gasteiger partial charge in [-0.1, -0.05) is 42.5 Å². The Balaban J connectivity index is 1.93. The van der Waals surface area contributed by atoms with Crippen LogP contribution in [0.2, 0.25) is 0 Å². The van der Waals surface area contributed by atoms with Gasteiger partial charge in [0.15, 0.2) is 0 Å². The molecule has 0 aromatic heterocycles. The van der Waals surface area contributed by atoms with Crippen LogP contribution in [0.5, 0.6) is 0 Å². The fourth-order valence-corrected chi connectivity index (χ4v) is 3.87. The number of amides is 1.